The van der Waals surface area contributed by atoms with E-state index in [1.165, 1.54) is 121 Å². The van der Waals surface area contributed by atoms with Gasteiger partial charge in [-0.05, 0) is 145 Å². The molecule has 1 aliphatic rings. The lowest BCUT2D eigenvalue weighted by Gasteiger charge is -2.18. The summed E-state index contributed by atoms with van der Waals surface area (Å²) in [4.78, 5) is 0. The van der Waals surface area contributed by atoms with E-state index in [0.717, 1.165) is 18.5 Å². The van der Waals surface area contributed by atoms with E-state index < -0.39 is 0 Å². The number of aromatic nitrogens is 2. The number of aryl methyl sites for hydroxylation is 1. The Bertz CT molecular complexity index is 4070. The van der Waals surface area contributed by atoms with Crippen molar-refractivity contribution in [3.8, 4) is 44.8 Å². The maximum atomic E-state index is 5.98. The van der Waals surface area contributed by atoms with Crippen LogP contribution in [0, 0.1) is 0 Å². The molecule has 3 heteroatoms. The van der Waals surface area contributed by atoms with Crippen LogP contribution in [0.25, 0.3) is 116 Å². The first-order valence-corrected chi connectivity index (χ1v) is 23.9. The Balaban J connectivity index is 0.000000139. The zero-order valence-electron chi connectivity index (χ0n) is 38.1. The zero-order valence-corrected chi connectivity index (χ0v) is 38.1. The molecule has 1 aliphatic carbocycles. The lowest BCUT2D eigenvalue weighted by molar-refractivity contribution is 0.966. The number of nitrogens with two attached hydrogens (primary N) is 1. The van der Waals surface area contributed by atoms with Crippen molar-refractivity contribution in [2.24, 2.45) is 0 Å². The molecule has 0 aliphatic heterocycles. The molecule has 11 aromatic carbocycles. The molecule has 69 heavy (non-hydrogen) atoms. The van der Waals surface area contributed by atoms with Gasteiger partial charge in [-0.3, -0.25) is 0 Å². The minimum absolute atomic E-state index is 0.782. The first kappa shape index (κ1) is 40.4. The summed E-state index contributed by atoms with van der Waals surface area (Å²) in [6.45, 7) is 0. The molecule has 0 atom stereocenters. The molecule has 2 aromatic heterocycles. The molecule has 0 saturated heterocycles. The summed E-state index contributed by atoms with van der Waals surface area (Å²) in [5.74, 6) is 0. The first-order chi connectivity index (χ1) is 34.2. The number of rotatable bonds is 5. The molecule has 0 fully saturated rings. The van der Waals surface area contributed by atoms with Crippen LogP contribution in [0.3, 0.4) is 0 Å². The number of anilines is 1. The van der Waals surface area contributed by atoms with Gasteiger partial charge in [-0.2, -0.15) is 0 Å². The average Bonchev–Trinajstić information content (AvgIpc) is 3.94. The second-order valence-corrected chi connectivity index (χ2v) is 18.1. The Kier molecular flexibility index (Phi) is 9.80. The molecule has 0 unspecified atom stereocenters. The summed E-state index contributed by atoms with van der Waals surface area (Å²) >= 11 is 0. The average molecular weight is 882 g/mol. The molecule has 2 N–H and O–H groups in total. The van der Waals surface area contributed by atoms with Crippen LogP contribution in [0.1, 0.15) is 17.7 Å². The standard InChI is InChI=1S/C36H26N2.C30H21N/c1-2-11-25(12-3-1)26-21-22-36-32(23-26)31-17-6-9-20-35(31)38(36)28-14-10-13-27(24-28)37-33-18-7-4-15-29(33)30-16-5-8-19-34(30)37;31-22-18-16-21(17-19-22)29-25-11-3-5-13-27(25)30(28-14-6-4-12-26(28)29)24-15-7-9-20-8-1-2-10-23(20)24/h1-4,6-15,17-24H,5,16H2;1-19H,31H2. The van der Waals surface area contributed by atoms with Gasteiger partial charge in [0.05, 0.1) is 16.6 Å². The fourth-order valence-corrected chi connectivity index (χ4v) is 11.1. The number of nitrogens with zero attached hydrogens (tertiary/aromatic N) is 2. The van der Waals surface area contributed by atoms with Crippen molar-refractivity contribution in [1.29, 1.82) is 0 Å². The van der Waals surface area contributed by atoms with E-state index in [0.29, 0.717) is 0 Å². The van der Waals surface area contributed by atoms with E-state index in [-0.39, 0.29) is 0 Å². The molecule has 3 nitrogen and oxygen atoms in total. The van der Waals surface area contributed by atoms with Crippen LogP contribution in [-0.4, -0.2) is 9.13 Å². The van der Waals surface area contributed by atoms with Crippen molar-refractivity contribution in [2.45, 2.75) is 12.8 Å². The minimum Gasteiger partial charge on any atom is -0.399 e. The molecule has 0 radical (unpaired) electrons. The molecule has 0 amide bonds. The summed E-state index contributed by atoms with van der Waals surface area (Å²) in [6, 6.07) is 85.1. The number of hydrogen-bond acceptors (Lipinski definition) is 1. The molecule has 0 saturated carbocycles. The normalized spacial score (nSPS) is 12.2. The van der Waals surface area contributed by atoms with Gasteiger partial charge in [-0.15, -0.1) is 0 Å². The van der Waals surface area contributed by atoms with Crippen LogP contribution >= 0.6 is 0 Å². The van der Waals surface area contributed by atoms with Crippen molar-refractivity contribution >= 4 is 76.8 Å². The topological polar surface area (TPSA) is 35.9 Å². The van der Waals surface area contributed by atoms with Crippen molar-refractivity contribution < 1.29 is 0 Å². The third kappa shape index (κ3) is 6.81. The molecule has 0 spiro atoms. The van der Waals surface area contributed by atoms with Gasteiger partial charge in [-0.1, -0.05) is 188 Å². The van der Waals surface area contributed by atoms with Crippen molar-refractivity contribution in [2.75, 3.05) is 5.73 Å². The summed E-state index contributed by atoms with van der Waals surface area (Å²) in [5, 5.41) is 11.5. The van der Waals surface area contributed by atoms with Crippen molar-refractivity contribution in [3.63, 3.8) is 0 Å². The monoisotopic (exact) mass is 881 g/mol. The quantitative estimate of drug-likeness (QED) is 0.136. The molecule has 0 bridgehead atoms. The van der Waals surface area contributed by atoms with Crippen molar-refractivity contribution in [3.05, 3.63) is 254 Å². The van der Waals surface area contributed by atoms with Crippen LogP contribution in [0.15, 0.2) is 243 Å². The number of benzene rings is 11. The number of fused-ring (bicyclic) bond motifs is 9. The lowest BCUT2D eigenvalue weighted by atomic mass is 9.85. The third-order valence-corrected chi connectivity index (χ3v) is 14.2. The zero-order chi connectivity index (χ0) is 45.8. The Morgan fingerprint density at radius 3 is 1.61 bits per heavy atom. The summed E-state index contributed by atoms with van der Waals surface area (Å²) in [6.07, 6.45) is 6.80. The Hall–Kier alpha value is -8.92. The minimum atomic E-state index is 0.782. The second-order valence-electron chi connectivity index (χ2n) is 18.1. The first-order valence-electron chi connectivity index (χ1n) is 23.9. The van der Waals surface area contributed by atoms with Gasteiger partial charge in [-0.25, -0.2) is 0 Å². The van der Waals surface area contributed by atoms with Gasteiger partial charge < -0.3 is 14.9 Å². The number of nitrogen functional groups attached to an aromatic ring is 1. The Morgan fingerprint density at radius 2 is 0.884 bits per heavy atom. The van der Waals surface area contributed by atoms with Gasteiger partial charge in [0.15, 0.2) is 0 Å². The fourth-order valence-electron chi connectivity index (χ4n) is 11.1. The smallest absolute Gasteiger partial charge is 0.0541 e. The van der Waals surface area contributed by atoms with Gasteiger partial charge in [0, 0.05) is 38.9 Å². The number of allylic oxidation sites excluding steroid dienone is 1. The molecule has 326 valence electrons. The van der Waals surface area contributed by atoms with E-state index in [1.807, 2.05) is 12.1 Å². The maximum absolute atomic E-state index is 5.98. The van der Waals surface area contributed by atoms with Crippen molar-refractivity contribution in [1.82, 2.24) is 9.13 Å². The largest absolute Gasteiger partial charge is 0.399 e. The molecular formula is C66H47N3. The van der Waals surface area contributed by atoms with E-state index >= 15 is 0 Å². The van der Waals surface area contributed by atoms with Gasteiger partial charge in [0.2, 0.25) is 0 Å². The molecular weight excluding hydrogens is 835 g/mol. The maximum Gasteiger partial charge on any atom is 0.0541 e. The van der Waals surface area contributed by atoms with Gasteiger partial charge >= 0.3 is 0 Å². The summed E-state index contributed by atoms with van der Waals surface area (Å²) in [5.41, 5.74) is 23.1. The van der Waals surface area contributed by atoms with E-state index in [2.05, 4.69) is 246 Å². The SMILES string of the molecule is C1=Cc2c(c3ccccc3n2-c2cccc(-n3c4ccccc4c4cc(-c5ccccc5)ccc43)c2)CC1.Nc1ccc(-c2c3ccccc3c(-c3cccc4ccccc34)c3ccccc23)cc1. The molecule has 14 rings (SSSR count). The highest BCUT2D eigenvalue weighted by atomic mass is 15.0. The highest BCUT2D eigenvalue weighted by molar-refractivity contribution is 6.23. The summed E-state index contributed by atoms with van der Waals surface area (Å²) < 4.78 is 4.85. The fraction of sp³-hybridized carbons (Fsp3) is 0.0303. The third-order valence-electron chi connectivity index (χ3n) is 14.2. The predicted octanol–water partition coefficient (Wildman–Crippen LogP) is 17.4. The highest BCUT2D eigenvalue weighted by Gasteiger charge is 2.21. The number of hydrogen-bond donors (Lipinski definition) is 1. The van der Waals surface area contributed by atoms with Crippen LogP contribution in [-0.2, 0) is 6.42 Å². The van der Waals surface area contributed by atoms with E-state index in [4.69, 9.17) is 5.73 Å². The van der Waals surface area contributed by atoms with E-state index in [9.17, 15) is 0 Å². The Labute approximate surface area is 401 Å². The van der Waals surface area contributed by atoms with Gasteiger partial charge in [0.25, 0.3) is 0 Å². The predicted molar refractivity (Wildman–Crippen MR) is 295 cm³/mol. The number of para-hydroxylation sites is 2. The lowest BCUT2D eigenvalue weighted by Crippen LogP contribution is -2.02. The van der Waals surface area contributed by atoms with E-state index in [1.54, 1.807) is 0 Å². The van der Waals surface area contributed by atoms with Crippen LogP contribution < -0.4 is 5.73 Å². The molecule has 2 heterocycles. The Morgan fingerprint density at radius 1 is 0.348 bits per heavy atom. The summed E-state index contributed by atoms with van der Waals surface area (Å²) in [7, 11) is 0. The van der Waals surface area contributed by atoms with Crippen LogP contribution in [0.5, 0.6) is 0 Å². The highest BCUT2D eigenvalue weighted by Crippen LogP contribution is 2.45. The van der Waals surface area contributed by atoms with Crippen LogP contribution in [0.4, 0.5) is 5.69 Å². The molecule has 13 aromatic rings. The van der Waals surface area contributed by atoms with Gasteiger partial charge in [0.1, 0.15) is 0 Å². The second kappa shape index (κ2) is 16.7. The van der Waals surface area contributed by atoms with Crippen LogP contribution in [0.2, 0.25) is 0 Å².